The van der Waals surface area contributed by atoms with Crippen molar-refractivity contribution in [3.05, 3.63) is 40.6 Å². The van der Waals surface area contributed by atoms with Crippen LogP contribution in [0.4, 0.5) is 0 Å². The van der Waals surface area contributed by atoms with Crippen molar-refractivity contribution in [3.8, 4) is 5.69 Å². The molecule has 0 aliphatic heterocycles. The maximum absolute atomic E-state index is 5.82. The first-order valence-electron chi connectivity index (χ1n) is 3.59. The van der Waals surface area contributed by atoms with E-state index < -0.39 is 0 Å². The predicted octanol–water partition coefficient (Wildman–Crippen LogP) is 2.57. The summed E-state index contributed by atoms with van der Waals surface area (Å²) in [5.74, 6) is 0. The monoisotopic (exact) mass is 213 g/mol. The molecule has 5 heteroatoms. The van der Waals surface area contributed by atoms with Gasteiger partial charge in [0.1, 0.15) is 0 Å². The third kappa shape index (κ3) is 1.66. The van der Waals surface area contributed by atoms with Gasteiger partial charge in [0, 0.05) is 5.02 Å². The lowest BCUT2D eigenvalue weighted by Gasteiger charge is -2.00. The Morgan fingerprint density at radius 2 is 1.77 bits per heavy atom. The minimum atomic E-state index is 0.474. The SMILES string of the molecule is Clc1ccc(-n2nncc2Cl)cc1. The third-order valence-electron chi connectivity index (χ3n) is 1.58. The Hall–Kier alpha value is -1.06. The molecule has 0 spiro atoms. The standard InChI is InChI=1S/C8H5Cl2N3/c9-6-1-3-7(4-2-6)13-8(10)5-11-12-13/h1-5H. The van der Waals surface area contributed by atoms with E-state index in [1.807, 2.05) is 12.1 Å². The number of rotatable bonds is 1. The summed E-state index contributed by atoms with van der Waals surface area (Å²) in [6, 6.07) is 7.19. The first-order valence-corrected chi connectivity index (χ1v) is 4.35. The molecular weight excluding hydrogens is 209 g/mol. The van der Waals surface area contributed by atoms with Gasteiger partial charge >= 0.3 is 0 Å². The van der Waals surface area contributed by atoms with Crippen molar-refractivity contribution in [2.45, 2.75) is 0 Å². The van der Waals surface area contributed by atoms with E-state index in [0.29, 0.717) is 10.2 Å². The fraction of sp³-hybridized carbons (Fsp3) is 0. The van der Waals surface area contributed by atoms with Crippen molar-refractivity contribution in [2.24, 2.45) is 0 Å². The molecule has 13 heavy (non-hydrogen) atoms. The van der Waals surface area contributed by atoms with Crippen molar-refractivity contribution in [1.82, 2.24) is 15.0 Å². The fourth-order valence-corrected chi connectivity index (χ4v) is 1.28. The average molecular weight is 214 g/mol. The zero-order valence-electron chi connectivity index (χ0n) is 6.48. The van der Waals surface area contributed by atoms with Crippen LogP contribution >= 0.6 is 23.2 Å². The van der Waals surface area contributed by atoms with Crippen LogP contribution in [-0.4, -0.2) is 15.0 Å². The Bertz CT molecular complexity index is 408. The molecule has 66 valence electrons. The second-order valence-corrected chi connectivity index (χ2v) is 3.27. The minimum Gasteiger partial charge on any atom is -0.202 e. The van der Waals surface area contributed by atoms with E-state index in [1.54, 1.807) is 12.1 Å². The number of benzene rings is 1. The molecular formula is C8H5Cl2N3. The molecule has 0 aliphatic rings. The second kappa shape index (κ2) is 3.36. The number of aromatic nitrogens is 3. The van der Waals surface area contributed by atoms with Crippen molar-refractivity contribution in [3.63, 3.8) is 0 Å². The first kappa shape index (κ1) is 8.53. The Labute approximate surface area is 84.9 Å². The highest BCUT2D eigenvalue weighted by atomic mass is 35.5. The Kier molecular flexibility index (Phi) is 2.20. The predicted molar refractivity (Wildman–Crippen MR) is 51.4 cm³/mol. The van der Waals surface area contributed by atoms with E-state index in [2.05, 4.69) is 10.3 Å². The van der Waals surface area contributed by atoms with Crippen molar-refractivity contribution < 1.29 is 0 Å². The highest BCUT2D eigenvalue weighted by Crippen LogP contribution is 2.16. The maximum Gasteiger partial charge on any atom is 0.153 e. The average Bonchev–Trinajstić information content (AvgIpc) is 2.53. The number of hydrogen-bond donors (Lipinski definition) is 0. The molecule has 0 atom stereocenters. The molecule has 1 aromatic carbocycles. The number of hydrogen-bond acceptors (Lipinski definition) is 2. The normalized spacial score (nSPS) is 10.3. The molecule has 0 bridgehead atoms. The molecule has 0 aliphatic carbocycles. The zero-order chi connectivity index (χ0) is 9.26. The van der Waals surface area contributed by atoms with Gasteiger partial charge in [0.15, 0.2) is 5.15 Å². The quantitative estimate of drug-likeness (QED) is 0.730. The third-order valence-corrected chi connectivity index (χ3v) is 2.09. The van der Waals surface area contributed by atoms with E-state index in [4.69, 9.17) is 23.2 Å². The van der Waals surface area contributed by atoms with Gasteiger partial charge < -0.3 is 0 Å². The number of halogens is 2. The van der Waals surface area contributed by atoms with Crippen molar-refractivity contribution >= 4 is 23.2 Å². The summed E-state index contributed by atoms with van der Waals surface area (Å²) in [6.07, 6.45) is 1.48. The fourth-order valence-electron chi connectivity index (χ4n) is 0.980. The largest absolute Gasteiger partial charge is 0.202 e. The summed E-state index contributed by atoms with van der Waals surface area (Å²) in [5, 5.41) is 8.63. The highest BCUT2D eigenvalue weighted by molar-refractivity contribution is 6.30. The molecule has 1 heterocycles. The summed E-state index contributed by atoms with van der Waals surface area (Å²) < 4.78 is 1.53. The van der Waals surface area contributed by atoms with Crippen molar-refractivity contribution in [2.75, 3.05) is 0 Å². The molecule has 0 amide bonds. The first-order chi connectivity index (χ1) is 6.27. The van der Waals surface area contributed by atoms with E-state index >= 15 is 0 Å². The van der Waals surface area contributed by atoms with Gasteiger partial charge in [0.05, 0.1) is 11.9 Å². The summed E-state index contributed by atoms with van der Waals surface area (Å²) >= 11 is 11.6. The van der Waals surface area contributed by atoms with E-state index in [1.165, 1.54) is 10.9 Å². The van der Waals surface area contributed by atoms with E-state index in [9.17, 15) is 0 Å². The van der Waals surface area contributed by atoms with Gasteiger partial charge in [-0.2, -0.15) is 0 Å². The van der Waals surface area contributed by atoms with Crippen LogP contribution in [0.25, 0.3) is 5.69 Å². The molecule has 2 aromatic rings. The number of nitrogens with zero attached hydrogens (tertiary/aromatic N) is 3. The van der Waals surface area contributed by atoms with Crippen LogP contribution in [0.2, 0.25) is 10.2 Å². The van der Waals surface area contributed by atoms with Gasteiger partial charge in [0.2, 0.25) is 0 Å². The van der Waals surface area contributed by atoms with Crippen LogP contribution in [0.15, 0.2) is 30.5 Å². The van der Waals surface area contributed by atoms with Crippen LogP contribution in [0.1, 0.15) is 0 Å². The van der Waals surface area contributed by atoms with Gasteiger partial charge in [-0.1, -0.05) is 28.4 Å². The van der Waals surface area contributed by atoms with Crippen LogP contribution in [0, 0.1) is 0 Å². The van der Waals surface area contributed by atoms with Gasteiger partial charge in [-0.05, 0) is 24.3 Å². The van der Waals surface area contributed by atoms with Crippen LogP contribution in [-0.2, 0) is 0 Å². The lowest BCUT2D eigenvalue weighted by atomic mass is 10.3. The molecule has 1 aromatic heterocycles. The minimum absolute atomic E-state index is 0.474. The van der Waals surface area contributed by atoms with Gasteiger partial charge in [-0.25, -0.2) is 4.68 Å². The summed E-state index contributed by atoms with van der Waals surface area (Å²) in [5.41, 5.74) is 0.840. The van der Waals surface area contributed by atoms with E-state index in [-0.39, 0.29) is 0 Å². The van der Waals surface area contributed by atoms with Gasteiger partial charge in [0.25, 0.3) is 0 Å². The zero-order valence-corrected chi connectivity index (χ0v) is 8.00. The Morgan fingerprint density at radius 1 is 1.08 bits per heavy atom. The highest BCUT2D eigenvalue weighted by Gasteiger charge is 2.02. The smallest absolute Gasteiger partial charge is 0.153 e. The molecule has 0 saturated carbocycles. The summed E-state index contributed by atoms with van der Waals surface area (Å²) in [7, 11) is 0. The van der Waals surface area contributed by atoms with Crippen LogP contribution in [0.5, 0.6) is 0 Å². The van der Waals surface area contributed by atoms with Crippen molar-refractivity contribution in [1.29, 1.82) is 0 Å². The Morgan fingerprint density at radius 3 is 2.31 bits per heavy atom. The lowest BCUT2D eigenvalue weighted by Crippen LogP contribution is -1.95. The molecule has 0 N–H and O–H groups in total. The van der Waals surface area contributed by atoms with E-state index in [0.717, 1.165) is 5.69 Å². The second-order valence-electron chi connectivity index (χ2n) is 2.44. The lowest BCUT2D eigenvalue weighted by molar-refractivity contribution is 0.804. The summed E-state index contributed by atoms with van der Waals surface area (Å²) in [6.45, 7) is 0. The van der Waals surface area contributed by atoms with Crippen LogP contribution < -0.4 is 0 Å². The molecule has 0 fully saturated rings. The molecule has 0 saturated heterocycles. The molecule has 2 rings (SSSR count). The summed E-state index contributed by atoms with van der Waals surface area (Å²) in [4.78, 5) is 0. The van der Waals surface area contributed by atoms with Crippen LogP contribution in [0.3, 0.4) is 0 Å². The molecule has 3 nitrogen and oxygen atoms in total. The molecule has 0 unspecified atom stereocenters. The Balaban J connectivity index is 2.47. The topological polar surface area (TPSA) is 30.7 Å². The van der Waals surface area contributed by atoms with Gasteiger partial charge in [-0.3, -0.25) is 0 Å². The maximum atomic E-state index is 5.82. The van der Waals surface area contributed by atoms with Gasteiger partial charge in [-0.15, -0.1) is 5.10 Å². The molecule has 0 radical (unpaired) electrons.